The summed E-state index contributed by atoms with van der Waals surface area (Å²) in [6, 6.07) is 9.01. The minimum absolute atomic E-state index is 0.147. The van der Waals surface area contributed by atoms with E-state index in [2.05, 4.69) is 5.32 Å². The van der Waals surface area contributed by atoms with Gasteiger partial charge in [-0.05, 0) is 30.2 Å². The summed E-state index contributed by atoms with van der Waals surface area (Å²) >= 11 is 0. The number of aliphatic carboxylic acids is 1. The van der Waals surface area contributed by atoms with Crippen molar-refractivity contribution < 1.29 is 14.7 Å². The summed E-state index contributed by atoms with van der Waals surface area (Å²) in [7, 11) is 0. The Morgan fingerprint density at radius 3 is 2.14 bits per heavy atom. The number of nitrogens with one attached hydrogen (secondary N) is 1. The second kappa shape index (κ2) is 8.57. The Hall–Kier alpha value is -1.84. The smallest absolute Gasteiger partial charge is 0.326 e. The maximum Gasteiger partial charge on any atom is 0.326 e. The second-order valence-electron chi connectivity index (χ2n) is 6.57. The molecule has 2 atom stereocenters. The van der Waals surface area contributed by atoms with Gasteiger partial charge in [0.25, 0.3) is 0 Å². The Morgan fingerprint density at radius 2 is 1.68 bits per heavy atom. The fourth-order valence-electron chi connectivity index (χ4n) is 2.47. The number of amides is 1. The number of carboxylic acid groups (broad SMARTS) is 1. The van der Waals surface area contributed by atoms with E-state index >= 15 is 0 Å². The predicted octanol–water partition coefficient (Wildman–Crippen LogP) is 3.12. The molecule has 4 heteroatoms. The molecule has 0 bridgehead atoms. The first-order valence-electron chi connectivity index (χ1n) is 7.88. The Balaban J connectivity index is 2.78. The Labute approximate surface area is 132 Å². The van der Waals surface area contributed by atoms with Crippen molar-refractivity contribution in [2.24, 2.45) is 17.8 Å². The molecule has 122 valence electrons. The molecule has 0 heterocycles. The average Bonchev–Trinajstić information content (AvgIpc) is 2.44. The van der Waals surface area contributed by atoms with Crippen LogP contribution in [0.15, 0.2) is 30.3 Å². The fourth-order valence-corrected chi connectivity index (χ4v) is 2.47. The summed E-state index contributed by atoms with van der Waals surface area (Å²) in [5.74, 6) is -1.01. The molecule has 1 rings (SSSR count). The molecule has 0 aromatic heterocycles. The first-order valence-corrected chi connectivity index (χ1v) is 7.88. The maximum absolute atomic E-state index is 12.5. The maximum atomic E-state index is 12.5. The van der Waals surface area contributed by atoms with E-state index in [0.29, 0.717) is 12.8 Å². The average molecular weight is 305 g/mol. The Bertz CT molecular complexity index is 482. The van der Waals surface area contributed by atoms with E-state index in [1.165, 1.54) is 0 Å². The largest absolute Gasteiger partial charge is 0.480 e. The summed E-state index contributed by atoms with van der Waals surface area (Å²) in [5.41, 5.74) is 1.09. The number of carbonyl (C=O) groups excluding carboxylic acids is 1. The Morgan fingerprint density at radius 1 is 1.09 bits per heavy atom. The predicted molar refractivity (Wildman–Crippen MR) is 87.5 cm³/mol. The van der Waals surface area contributed by atoms with Crippen LogP contribution in [-0.4, -0.2) is 23.0 Å². The summed E-state index contributed by atoms with van der Waals surface area (Å²) in [6.45, 7) is 7.88. The number of carboxylic acids is 1. The number of hydrogen-bond acceptors (Lipinski definition) is 2. The molecular formula is C18H27NO3. The van der Waals surface area contributed by atoms with Gasteiger partial charge in [0.05, 0.1) is 0 Å². The van der Waals surface area contributed by atoms with E-state index in [9.17, 15) is 14.7 Å². The molecule has 22 heavy (non-hydrogen) atoms. The minimum Gasteiger partial charge on any atom is -0.480 e. The molecule has 0 saturated heterocycles. The summed E-state index contributed by atoms with van der Waals surface area (Å²) in [6.07, 6.45) is 1.07. The van der Waals surface area contributed by atoms with E-state index in [4.69, 9.17) is 0 Å². The van der Waals surface area contributed by atoms with Crippen LogP contribution < -0.4 is 5.32 Å². The zero-order valence-electron chi connectivity index (χ0n) is 13.9. The van der Waals surface area contributed by atoms with Crippen LogP contribution in [0, 0.1) is 17.8 Å². The van der Waals surface area contributed by atoms with Crippen molar-refractivity contribution in [2.75, 3.05) is 0 Å². The number of rotatable bonds is 8. The molecule has 2 unspecified atom stereocenters. The van der Waals surface area contributed by atoms with Gasteiger partial charge in [-0.1, -0.05) is 58.0 Å². The first-order chi connectivity index (χ1) is 10.3. The first kappa shape index (κ1) is 18.2. The molecule has 1 aromatic rings. The lowest BCUT2D eigenvalue weighted by Crippen LogP contribution is -2.45. The SMILES string of the molecule is CC(C)CC(NC(=O)C(Cc1ccccc1)C(C)C)C(=O)O. The third-order valence-corrected chi connectivity index (χ3v) is 3.76. The normalized spacial score (nSPS) is 13.9. The summed E-state index contributed by atoms with van der Waals surface area (Å²) in [4.78, 5) is 23.8. The lowest BCUT2D eigenvalue weighted by Gasteiger charge is -2.24. The van der Waals surface area contributed by atoms with Gasteiger partial charge < -0.3 is 10.4 Å². The van der Waals surface area contributed by atoms with E-state index in [-0.39, 0.29) is 23.7 Å². The van der Waals surface area contributed by atoms with Crippen molar-refractivity contribution in [1.29, 1.82) is 0 Å². The van der Waals surface area contributed by atoms with Gasteiger partial charge in [-0.2, -0.15) is 0 Å². The minimum atomic E-state index is -0.968. The summed E-state index contributed by atoms with van der Waals surface area (Å²) in [5, 5.41) is 12.0. The highest BCUT2D eigenvalue weighted by Crippen LogP contribution is 2.18. The zero-order chi connectivity index (χ0) is 16.7. The van der Waals surface area contributed by atoms with Crippen molar-refractivity contribution in [2.45, 2.75) is 46.6 Å². The standard InChI is InChI=1S/C18H27NO3/c1-12(2)10-16(18(21)22)19-17(20)15(13(3)4)11-14-8-6-5-7-9-14/h5-9,12-13,15-16H,10-11H2,1-4H3,(H,19,20)(H,21,22). The molecule has 0 radical (unpaired) electrons. The Kier molecular flexibility index (Phi) is 7.09. The van der Waals surface area contributed by atoms with Crippen LogP contribution in [-0.2, 0) is 16.0 Å². The van der Waals surface area contributed by atoms with Crippen molar-refractivity contribution in [1.82, 2.24) is 5.32 Å². The fraction of sp³-hybridized carbons (Fsp3) is 0.556. The van der Waals surface area contributed by atoms with E-state index in [1.807, 2.05) is 58.0 Å². The van der Waals surface area contributed by atoms with Crippen LogP contribution in [0.25, 0.3) is 0 Å². The number of benzene rings is 1. The lowest BCUT2D eigenvalue weighted by molar-refractivity contribution is -0.143. The molecule has 2 N–H and O–H groups in total. The highest BCUT2D eigenvalue weighted by atomic mass is 16.4. The van der Waals surface area contributed by atoms with Gasteiger partial charge in [0.15, 0.2) is 0 Å². The molecule has 1 aromatic carbocycles. The third kappa shape index (κ3) is 5.88. The van der Waals surface area contributed by atoms with Crippen molar-refractivity contribution in [3.63, 3.8) is 0 Å². The quantitative estimate of drug-likeness (QED) is 0.775. The highest BCUT2D eigenvalue weighted by Gasteiger charge is 2.27. The zero-order valence-corrected chi connectivity index (χ0v) is 13.9. The number of hydrogen-bond donors (Lipinski definition) is 2. The molecule has 0 saturated carbocycles. The number of carbonyl (C=O) groups is 2. The molecule has 0 aliphatic heterocycles. The van der Waals surface area contributed by atoms with Crippen LogP contribution >= 0.6 is 0 Å². The van der Waals surface area contributed by atoms with Crippen molar-refractivity contribution in [3.05, 3.63) is 35.9 Å². The molecule has 0 spiro atoms. The topological polar surface area (TPSA) is 66.4 Å². The van der Waals surface area contributed by atoms with E-state index < -0.39 is 12.0 Å². The van der Waals surface area contributed by atoms with Crippen LogP contribution in [0.4, 0.5) is 0 Å². The van der Waals surface area contributed by atoms with Crippen LogP contribution in [0.3, 0.4) is 0 Å². The van der Waals surface area contributed by atoms with Gasteiger partial charge in [-0.15, -0.1) is 0 Å². The third-order valence-electron chi connectivity index (χ3n) is 3.76. The highest BCUT2D eigenvalue weighted by molar-refractivity contribution is 5.85. The van der Waals surface area contributed by atoms with Crippen LogP contribution in [0.1, 0.15) is 39.7 Å². The molecule has 1 amide bonds. The molecule has 0 fully saturated rings. The van der Waals surface area contributed by atoms with Gasteiger partial charge in [-0.3, -0.25) is 4.79 Å². The van der Waals surface area contributed by atoms with Gasteiger partial charge >= 0.3 is 5.97 Å². The monoisotopic (exact) mass is 305 g/mol. The van der Waals surface area contributed by atoms with Gasteiger partial charge in [0, 0.05) is 5.92 Å². The molecule has 0 aliphatic rings. The summed E-state index contributed by atoms with van der Waals surface area (Å²) < 4.78 is 0. The van der Waals surface area contributed by atoms with E-state index in [0.717, 1.165) is 5.56 Å². The van der Waals surface area contributed by atoms with Crippen molar-refractivity contribution in [3.8, 4) is 0 Å². The van der Waals surface area contributed by atoms with Crippen molar-refractivity contribution >= 4 is 11.9 Å². The van der Waals surface area contributed by atoms with Gasteiger partial charge in [0.2, 0.25) is 5.91 Å². The lowest BCUT2D eigenvalue weighted by atomic mass is 9.88. The molecular weight excluding hydrogens is 278 g/mol. The van der Waals surface area contributed by atoms with Crippen LogP contribution in [0.2, 0.25) is 0 Å². The molecule has 0 aliphatic carbocycles. The molecule has 4 nitrogen and oxygen atoms in total. The van der Waals surface area contributed by atoms with Gasteiger partial charge in [0.1, 0.15) is 6.04 Å². The van der Waals surface area contributed by atoms with Crippen LogP contribution in [0.5, 0.6) is 0 Å². The van der Waals surface area contributed by atoms with E-state index in [1.54, 1.807) is 0 Å². The second-order valence-corrected chi connectivity index (χ2v) is 6.57. The van der Waals surface area contributed by atoms with Gasteiger partial charge in [-0.25, -0.2) is 4.79 Å².